The van der Waals surface area contributed by atoms with Crippen LogP contribution in [0.1, 0.15) is 46.1 Å². The molecule has 1 saturated heterocycles. The van der Waals surface area contributed by atoms with Crippen LogP contribution in [0, 0.1) is 0 Å². The van der Waals surface area contributed by atoms with Crippen molar-refractivity contribution >= 4 is 30.0 Å². The Kier molecular flexibility index (Phi) is 9.55. The van der Waals surface area contributed by atoms with Gasteiger partial charge in [-0.1, -0.05) is 57.8 Å². The molecule has 0 aliphatic carbocycles. The van der Waals surface area contributed by atoms with E-state index in [1.165, 1.54) is 23.2 Å². The second-order valence-electron chi connectivity index (χ2n) is 7.32. The zero-order valence-electron chi connectivity index (χ0n) is 16.7. The fraction of sp³-hybridized carbons (Fsp3) is 0.600. The van der Waals surface area contributed by atoms with Gasteiger partial charge in [-0.05, 0) is 23.5 Å². The largest absolute Gasteiger partial charge is 0.368 e. The molecule has 6 heteroatoms. The zero-order chi connectivity index (χ0) is 19.6. The van der Waals surface area contributed by atoms with Crippen LogP contribution in [0.25, 0.3) is 0 Å². The van der Waals surface area contributed by atoms with Crippen molar-refractivity contribution in [2.75, 3.05) is 37.3 Å². The molecule has 0 bridgehead atoms. The number of amides is 2. The molecule has 1 aliphatic rings. The molecule has 0 spiro atoms. The van der Waals surface area contributed by atoms with Gasteiger partial charge in [-0.25, -0.2) is 0 Å². The van der Waals surface area contributed by atoms with Gasteiger partial charge in [0, 0.05) is 44.5 Å². The summed E-state index contributed by atoms with van der Waals surface area (Å²) >= 11 is 1.28. The number of carbonyl (C=O) groups is 2. The van der Waals surface area contributed by atoms with Crippen molar-refractivity contribution in [3.8, 4) is 0 Å². The average molecular weight is 380 g/mol. The molecule has 1 aromatic carbocycles. The topological polar surface area (TPSA) is 52.7 Å². The SMILES string of the molecule is CCCC(=O)N1CCN(c2ccccc2C(C)(C)C)CC1.CSNC=O. The summed E-state index contributed by atoms with van der Waals surface area (Å²) in [6, 6.07) is 8.67. The quantitative estimate of drug-likeness (QED) is 0.629. The average Bonchev–Trinajstić information content (AvgIpc) is 2.62. The van der Waals surface area contributed by atoms with E-state index in [9.17, 15) is 9.59 Å². The molecule has 0 saturated carbocycles. The molecule has 1 aromatic rings. The normalized spacial score (nSPS) is 14.3. The van der Waals surface area contributed by atoms with Crippen molar-refractivity contribution in [3.05, 3.63) is 29.8 Å². The first-order chi connectivity index (χ1) is 12.3. The molecule has 2 amide bonds. The van der Waals surface area contributed by atoms with Crippen LogP contribution < -0.4 is 9.62 Å². The summed E-state index contributed by atoms with van der Waals surface area (Å²) in [6.45, 7) is 12.4. The van der Waals surface area contributed by atoms with Crippen LogP contribution >= 0.6 is 11.9 Å². The van der Waals surface area contributed by atoms with E-state index in [1.54, 1.807) is 6.26 Å². The number of nitrogens with zero attached hydrogens (tertiary/aromatic N) is 2. The van der Waals surface area contributed by atoms with Crippen LogP contribution in [0.3, 0.4) is 0 Å². The first-order valence-electron chi connectivity index (χ1n) is 9.19. The highest BCUT2D eigenvalue weighted by atomic mass is 32.2. The highest BCUT2D eigenvalue weighted by Gasteiger charge is 2.25. The van der Waals surface area contributed by atoms with Gasteiger partial charge in [0.1, 0.15) is 0 Å². The summed E-state index contributed by atoms with van der Waals surface area (Å²) in [5.41, 5.74) is 2.86. The molecule has 2 rings (SSSR count). The van der Waals surface area contributed by atoms with Crippen molar-refractivity contribution < 1.29 is 9.59 Å². The number of anilines is 1. The van der Waals surface area contributed by atoms with Gasteiger partial charge in [-0.3, -0.25) is 9.59 Å². The molecule has 1 heterocycles. The highest BCUT2D eigenvalue weighted by Crippen LogP contribution is 2.32. The number of carbonyl (C=O) groups excluding carboxylic acids is 2. The third kappa shape index (κ3) is 6.90. The molecule has 0 unspecified atom stereocenters. The maximum absolute atomic E-state index is 12.0. The molecular formula is C20H33N3O2S. The molecule has 0 atom stereocenters. The second-order valence-corrected chi connectivity index (χ2v) is 7.97. The highest BCUT2D eigenvalue weighted by molar-refractivity contribution is 7.97. The standard InChI is InChI=1S/C18H28N2O.C2H5NOS/c1-5-8-17(21)20-13-11-19(12-14-20)16-10-7-6-9-15(16)18(2,3)4;1-5-3-2-4/h6-7,9-10H,5,8,11-14H2,1-4H3;2H,1H3,(H,3,4). The monoisotopic (exact) mass is 379 g/mol. The van der Waals surface area contributed by atoms with E-state index in [1.807, 2.05) is 4.90 Å². The van der Waals surface area contributed by atoms with Crippen LogP contribution in [-0.4, -0.2) is 49.7 Å². The Morgan fingerprint density at radius 2 is 1.81 bits per heavy atom. The summed E-state index contributed by atoms with van der Waals surface area (Å²) in [4.78, 5) is 25.7. The van der Waals surface area contributed by atoms with Crippen LogP contribution in [0.2, 0.25) is 0 Å². The Morgan fingerprint density at radius 3 is 2.27 bits per heavy atom. The summed E-state index contributed by atoms with van der Waals surface area (Å²) in [6.07, 6.45) is 4.05. The first-order valence-corrected chi connectivity index (χ1v) is 10.4. The van der Waals surface area contributed by atoms with E-state index in [0.717, 1.165) is 32.6 Å². The van der Waals surface area contributed by atoms with Crippen LogP contribution in [0.15, 0.2) is 24.3 Å². The number of hydrogen-bond donors (Lipinski definition) is 1. The minimum atomic E-state index is 0.145. The molecule has 1 N–H and O–H groups in total. The lowest BCUT2D eigenvalue weighted by molar-refractivity contribution is -0.131. The zero-order valence-corrected chi connectivity index (χ0v) is 17.6. The minimum absolute atomic E-state index is 0.145. The smallest absolute Gasteiger partial charge is 0.222 e. The summed E-state index contributed by atoms with van der Waals surface area (Å²) in [7, 11) is 0. The first kappa shape index (κ1) is 22.4. The van der Waals surface area contributed by atoms with Gasteiger partial charge in [-0.15, -0.1) is 0 Å². The van der Waals surface area contributed by atoms with E-state index in [-0.39, 0.29) is 5.41 Å². The van der Waals surface area contributed by atoms with Gasteiger partial charge in [0.2, 0.25) is 12.3 Å². The fourth-order valence-corrected chi connectivity index (χ4v) is 3.10. The van der Waals surface area contributed by atoms with Crippen LogP contribution in [0.5, 0.6) is 0 Å². The van der Waals surface area contributed by atoms with Crippen LogP contribution in [0.4, 0.5) is 5.69 Å². The number of hydrogen-bond acceptors (Lipinski definition) is 4. The fourth-order valence-electron chi connectivity index (χ4n) is 3.00. The molecule has 1 fully saturated rings. The Morgan fingerprint density at radius 1 is 1.19 bits per heavy atom. The number of piperazine rings is 1. The Hall–Kier alpha value is -1.69. The molecule has 26 heavy (non-hydrogen) atoms. The third-order valence-electron chi connectivity index (χ3n) is 4.31. The molecular weight excluding hydrogens is 346 g/mol. The van der Waals surface area contributed by atoms with Gasteiger partial charge in [0.25, 0.3) is 0 Å². The number of rotatable bonds is 5. The molecule has 146 valence electrons. The predicted molar refractivity (Wildman–Crippen MR) is 112 cm³/mol. The van der Waals surface area contributed by atoms with Gasteiger partial charge >= 0.3 is 0 Å². The lowest BCUT2D eigenvalue weighted by Crippen LogP contribution is -2.49. The molecule has 5 nitrogen and oxygen atoms in total. The van der Waals surface area contributed by atoms with Crippen molar-refractivity contribution in [3.63, 3.8) is 0 Å². The number of benzene rings is 1. The summed E-state index contributed by atoms with van der Waals surface area (Å²) < 4.78 is 2.35. The minimum Gasteiger partial charge on any atom is -0.368 e. The predicted octanol–water partition coefficient (Wildman–Crippen LogP) is 3.44. The number of nitrogens with one attached hydrogen (secondary N) is 1. The summed E-state index contributed by atoms with van der Waals surface area (Å²) in [5.74, 6) is 0.307. The van der Waals surface area contributed by atoms with Crippen molar-refractivity contribution in [2.45, 2.75) is 46.0 Å². The Labute approximate surface area is 162 Å². The van der Waals surface area contributed by atoms with E-state index < -0.39 is 0 Å². The maximum atomic E-state index is 12.0. The molecule has 0 radical (unpaired) electrons. The Balaban J connectivity index is 0.000000597. The van der Waals surface area contributed by atoms with Crippen molar-refractivity contribution in [1.82, 2.24) is 9.62 Å². The maximum Gasteiger partial charge on any atom is 0.222 e. The van der Waals surface area contributed by atoms with Crippen molar-refractivity contribution in [1.29, 1.82) is 0 Å². The lowest BCUT2D eigenvalue weighted by Gasteiger charge is -2.38. The second kappa shape index (κ2) is 11.1. The van der Waals surface area contributed by atoms with E-state index in [0.29, 0.717) is 18.7 Å². The van der Waals surface area contributed by atoms with E-state index >= 15 is 0 Å². The van der Waals surface area contributed by atoms with Gasteiger partial charge in [-0.2, -0.15) is 0 Å². The van der Waals surface area contributed by atoms with Gasteiger partial charge in [0.15, 0.2) is 0 Å². The molecule has 0 aromatic heterocycles. The van der Waals surface area contributed by atoms with E-state index in [2.05, 4.69) is 61.6 Å². The van der Waals surface area contributed by atoms with Gasteiger partial charge < -0.3 is 14.5 Å². The number of para-hydroxylation sites is 1. The van der Waals surface area contributed by atoms with E-state index in [4.69, 9.17) is 0 Å². The third-order valence-corrected chi connectivity index (χ3v) is 4.65. The molecule has 1 aliphatic heterocycles. The summed E-state index contributed by atoms with van der Waals surface area (Å²) in [5, 5.41) is 0. The van der Waals surface area contributed by atoms with Crippen LogP contribution in [-0.2, 0) is 15.0 Å². The van der Waals surface area contributed by atoms with Gasteiger partial charge in [0.05, 0.1) is 0 Å². The Bertz CT molecular complexity index is 564. The lowest BCUT2D eigenvalue weighted by atomic mass is 9.85. The van der Waals surface area contributed by atoms with Crippen molar-refractivity contribution in [2.24, 2.45) is 0 Å².